The molecule has 42 valence electrons. The fourth-order valence-electron chi connectivity index (χ4n) is 0.152. The van der Waals surface area contributed by atoms with E-state index in [1.54, 1.807) is 0 Å². The number of rotatable bonds is 1. The highest BCUT2D eigenvalue weighted by molar-refractivity contribution is 5.01. The monoisotopic (exact) mass is 100 g/mol. The minimum atomic E-state index is 0.102. The third kappa shape index (κ3) is 2.23. The molecule has 0 bridgehead atoms. The van der Waals surface area contributed by atoms with Crippen LogP contribution in [0.2, 0.25) is 0 Å². The molecule has 2 nitrogen and oxygen atoms in total. The zero-order chi connectivity index (χ0) is 5.86. The molecular formula is C5H12N2. The highest BCUT2D eigenvalue weighted by Crippen LogP contribution is 1.91. The summed E-state index contributed by atoms with van der Waals surface area (Å²) in [6.45, 7) is 3.81. The predicted octanol–water partition coefficient (Wildman–Crippen LogP) is 0.196. The van der Waals surface area contributed by atoms with Crippen LogP contribution >= 0.6 is 0 Å². The SMILES string of the molecule is C/C(=C\N)[C@H](C)N. The topological polar surface area (TPSA) is 52.0 Å². The van der Waals surface area contributed by atoms with Gasteiger partial charge < -0.3 is 11.5 Å². The summed E-state index contributed by atoms with van der Waals surface area (Å²) in [4.78, 5) is 0. The molecule has 0 aromatic rings. The Morgan fingerprint density at radius 3 is 2.14 bits per heavy atom. The van der Waals surface area contributed by atoms with Crippen LogP contribution in [0.3, 0.4) is 0 Å². The first kappa shape index (κ1) is 6.50. The quantitative estimate of drug-likeness (QED) is 0.494. The van der Waals surface area contributed by atoms with Crippen molar-refractivity contribution in [1.82, 2.24) is 0 Å². The third-order valence-electron chi connectivity index (χ3n) is 0.981. The standard InChI is InChI=1S/C5H12N2/c1-4(3-6)5(2)7/h3,5H,6-7H2,1-2H3/b4-3+/t5-/m0/s1. The average Bonchev–Trinajstić information content (AvgIpc) is 1.65. The molecule has 7 heavy (non-hydrogen) atoms. The van der Waals surface area contributed by atoms with Gasteiger partial charge in [0.25, 0.3) is 0 Å². The molecule has 0 unspecified atom stereocenters. The van der Waals surface area contributed by atoms with Crippen LogP contribution in [-0.2, 0) is 0 Å². The minimum absolute atomic E-state index is 0.102. The molecule has 0 aliphatic rings. The van der Waals surface area contributed by atoms with Crippen LogP contribution in [0, 0.1) is 0 Å². The van der Waals surface area contributed by atoms with E-state index in [0.717, 1.165) is 5.57 Å². The Morgan fingerprint density at radius 2 is 2.14 bits per heavy atom. The van der Waals surface area contributed by atoms with E-state index in [-0.39, 0.29) is 6.04 Å². The normalized spacial score (nSPS) is 16.7. The van der Waals surface area contributed by atoms with Gasteiger partial charge in [-0.1, -0.05) is 0 Å². The summed E-state index contributed by atoms with van der Waals surface area (Å²) < 4.78 is 0. The summed E-state index contributed by atoms with van der Waals surface area (Å²) in [5.74, 6) is 0. The van der Waals surface area contributed by atoms with Crippen LogP contribution in [0.5, 0.6) is 0 Å². The van der Waals surface area contributed by atoms with Crippen molar-refractivity contribution in [2.75, 3.05) is 0 Å². The average molecular weight is 100 g/mol. The highest BCUT2D eigenvalue weighted by Gasteiger charge is 1.91. The summed E-state index contributed by atoms with van der Waals surface area (Å²) in [5, 5.41) is 0. The Balaban J connectivity index is 3.56. The minimum Gasteiger partial charge on any atom is -0.405 e. The molecule has 1 atom stereocenters. The van der Waals surface area contributed by atoms with Crippen LogP contribution in [0.25, 0.3) is 0 Å². The Bertz CT molecular complexity index is 74.1. The lowest BCUT2D eigenvalue weighted by molar-refractivity contribution is 0.856. The van der Waals surface area contributed by atoms with Gasteiger partial charge in [0.15, 0.2) is 0 Å². The molecule has 0 aliphatic heterocycles. The molecule has 0 amide bonds. The molecule has 0 saturated carbocycles. The number of hydrogen-bond acceptors (Lipinski definition) is 2. The summed E-state index contributed by atoms with van der Waals surface area (Å²) >= 11 is 0. The Kier molecular flexibility index (Phi) is 2.45. The summed E-state index contributed by atoms with van der Waals surface area (Å²) in [6, 6.07) is 0.102. The zero-order valence-corrected chi connectivity index (χ0v) is 4.81. The Labute approximate surface area is 44.2 Å². The summed E-state index contributed by atoms with van der Waals surface area (Å²) in [5.41, 5.74) is 11.6. The molecule has 0 aromatic carbocycles. The van der Waals surface area contributed by atoms with Crippen molar-refractivity contribution in [3.8, 4) is 0 Å². The van der Waals surface area contributed by atoms with Gasteiger partial charge in [0.05, 0.1) is 0 Å². The van der Waals surface area contributed by atoms with E-state index in [9.17, 15) is 0 Å². The molecule has 4 N–H and O–H groups in total. The smallest absolute Gasteiger partial charge is 0.0239 e. The van der Waals surface area contributed by atoms with Gasteiger partial charge in [-0.2, -0.15) is 0 Å². The van der Waals surface area contributed by atoms with Gasteiger partial charge in [-0.25, -0.2) is 0 Å². The molecule has 0 aromatic heterocycles. The fraction of sp³-hybridized carbons (Fsp3) is 0.600. The van der Waals surface area contributed by atoms with Crippen LogP contribution in [0.1, 0.15) is 13.8 Å². The molecule has 0 saturated heterocycles. The largest absolute Gasteiger partial charge is 0.405 e. The van der Waals surface area contributed by atoms with Gasteiger partial charge in [-0.05, 0) is 25.6 Å². The first-order valence-corrected chi connectivity index (χ1v) is 2.32. The van der Waals surface area contributed by atoms with Crippen molar-refractivity contribution in [3.05, 3.63) is 11.8 Å². The first-order chi connectivity index (χ1) is 3.18. The van der Waals surface area contributed by atoms with Gasteiger partial charge in [0.2, 0.25) is 0 Å². The van der Waals surface area contributed by atoms with E-state index in [1.807, 2.05) is 13.8 Å². The lowest BCUT2D eigenvalue weighted by Gasteiger charge is -2.00. The molecule has 0 heterocycles. The Morgan fingerprint density at radius 1 is 1.71 bits per heavy atom. The van der Waals surface area contributed by atoms with Gasteiger partial charge >= 0.3 is 0 Å². The van der Waals surface area contributed by atoms with Crippen molar-refractivity contribution in [2.24, 2.45) is 11.5 Å². The van der Waals surface area contributed by atoms with Crippen molar-refractivity contribution >= 4 is 0 Å². The first-order valence-electron chi connectivity index (χ1n) is 2.32. The summed E-state index contributed by atoms with van der Waals surface area (Å²) in [6.07, 6.45) is 1.53. The lowest BCUT2D eigenvalue weighted by Crippen LogP contribution is -2.16. The maximum absolute atomic E-state index is 5.40. The molecule has 2 heteroatoms. The van der Waals surface area contributed by atoms with Crippen molar-refractivity contribution in [1.29, 1.82) is 0 Å². The van der Waals surface area contributed by atoms with Crippen LogP contribution in [0.15, 0.2) is 11.8 Å². The van der Waals surface area contributed by atoms with Crippen LogP contribution < -0.4 is 11.5 Å². The maximum atomic E-state index is 5.40. The van der Waals surface area contributed by atoms with Crippen LogP contribution in [-0.4, -0.2) is 6.04 Å². The summed E-state index contributed by atoms with van der Waals surface area (Å²) in [7, 11) is 0. The van der Waals surface area contributed by atoms with E-state index in [1.165, 1.54) is 6.20 Å². The molecule has 0 aliphatic carbocycles. The van der Waals surface area contributed by atoms with Gasteiger partial charge in [0.1, 0.15) is 0 Å². The van der Waals surface area contributed by atoms with Crippen molar-refractivity contribution in [2.45, 2.75) is 19.9 Å². The Hall–Kier alpha value is -0.500. The molecular weight excluding hydrogens is 88.1 g/mol. The second-order valence-electron chi connectivity index (χ2n) is 1.70. The maximum Gasteiger partial charge on any atom is 0.0239 e. The highest BCUT2D eigenvalue weighted by atomic mass is 14.6. The van der Waals surface area contributed by atoms with E-state index < -0.39 is 0 Å². The zero-order valence-electron chi connectivity index (χ0n) is 4.81. The molecule has 0 fully saturated rings. The van der Waals surface area contributed by atoms with Crippen molar-refractivity contribution < 1.29 is 0 Å². The molecule has 0 spiro atoms. The van der Waals surface area contributed by atoms with E-state index >= 15 is 0 Å². The van der Waals surface area contributed by atoms with E-state index in [2.05, 4.69) is 0 Å². The fourth-order valence-corrected chi connectivity index (χ4v) is 0.152. The van der Waals surface area contributed by atoms with Gasteiger partial charge in [0, 0.05) is 6.04 Å². The third-order valence-corrected chi connectivity index (χ3v) is 0.981. The lowest BCUT2D eigenvalue weighted by atomic mass is 10.2. The van der Waals surface area contributed by atoms with Crippen LogP contribution in [0.4, 0.5) is 0 Å². The molecule has 0 radical (unpaired) electrons. The second-order valence-corrected chi connectivity index (χ2v) is 1.70. The molecule has 0 rings (SSSR count). The van der Waals surface area contributed by atoms with Crippen molar-refractivity contribution in [3.63, 3.8) is 0 Å². The van der Waals surface area contributed by atoms with E-state index in [0.29, 0.717) is 0 Å². The second kappa shape index (κ2) is 2.64. The number of hydrogen-bond donors (Lipinski definition) is 2. The number of nitrogens with two attached hydrogens (primary N) is 2. The predicted molar refractivity (Wildman–Crippen MR) is 31.6 cm³/mol. The van der Waals surface area contributed by atoms with E-state index in [4.69, 9.17) is 11.5 Å². The van der Waals surface area contributed by atoms with Gasteiger partial charge in [-0.3, -0.25) is 0 Å². The van der Waals surface area contributed by atoms with Gasteiger partial charge in [-0.15, -0.1) is 0 Å².